The van der Waals surface area contributed by atoms with E-state index < -0.39 is 0 Å². The predicted molar refractivity (Wildman–Crippen MR) is 93.5 cm³/mol. The highest BCUT2D eigenvalue weighted by molar-refractivity contribution is 5.80. The Bertz CT molecular complexity index is 639. The summed E-state index contributed by atoms with van der Waals surface area (Å²) in [6, 6.07) is 18.6. The Hall–Kier alpha value is -2.09. The van der Waals surface area contributed by atoms with E-state index in [1.54, 1.807) is 0 Å². The van der Waals surface area contributed by atoms with Gasteiger partial charge in [-0.1, -0.05) is 70.2 Å². The van der Waals surface area contributed by atoms with Crippen LogP contribution in [0.1, 0.15) is 34.6 Å². The predicted octanol–water partition coefficient (Wildman–Crippen LogP) is 5.78. The highest BCUT2D eigenvalue weighted by Gasteiger charge is 2.09. The van der Waals surface area contributed by atoms with E-state index in [1.807, 2.05) is 39.8 Å². The molecule has 0 amide bonds. The summed E-state index contributed by atoms with van der Waals surface area (Å²) in [4.78, 5) is 4.72. The number of hydrogen-bond donors (Lipinski definition) is 0. The van der Waals surface area contributed by atoms with Gasteiger partial charge in [0.1, 0.15) is 5.82 Å². The molecule has 1 aromatic heterocycles. The number of para-hydroxylation sites is 2. The van der Waals surface area contributed by atoms with Crippen molar-refractivity contribution in [1.29, 1.82) is 0 Å². The number of benzene rings is 2. The Morgan fingerprint density at radius 1 is 0.810 bits per heavy atom. The summed E-state index contributed by atoms with van der Waals surface area (Å²) < 4.78 is 2.25. The summed E-state index contributed by atoms with van der Waals surface area (Å²) in [7, 11) is 0. The first-order valence-electron chi connectivity index (χ1n) is 7.91. The first kappa shape index (κ1) is 17.0. The maximum atomic E-state index is 4.72. The van der Waals surface area contributed by atoms with E-state index in [2.05, 4.69) is 54.0 Å². The second-order valence-electron chi connectivity index (χ2n) is 4.03. The topological polar surface area (TPSA) is 17.8 Å². The van der Waals surface area contributed by atoms with E-state index in [4.69, 9.17) is 4.98 Å². The zero-order chi connectivity index (χ0) is 15.7. The monoisotopic (exact) mass is 282 g/mol. The van der Waals surface area contributed by atoms with Crippen molar-refractivity contribution in [3.05, 3.63) is 54.6 Å². The molecular weight excluding hydrogens is 256 g/mol. The molecule has 112 valence electrons. The second kappa shape index (κ2) is 8.96. The summed E-state index contributed by atoms with van der Waals surface area (Å²) in [5.74, 6) is 1.05. The van der Waals surface area contributed by atoms with E-state index in [0.717, 1.165) is 17.9 Å². The van der Waals surface area contributed by atoms with Gasteiger partial charge in [-0.05, 0) is 19.1 Å². The molecule has 0 unspecified atom stereocenters. The number of imidazole rings is 1. The highest BCUT2D eigenvalue weighted by atomic mass is 15.1. The average Bonchev–Trinajstić information content (AvgIpc) is 2.98. The van der Waals surface area contributed by atoms with Gasteiger partial charge in [0.25, 0.3) is 0 Å². The molecule has 3 rings (SSSR count). The van der Waals surface area contributed by atoms with Crippen LogP contribution in [-0.2, 0) is 6.54 Å². The van der Waals surface area contributed by atoms with Gasteiger partial charge in [0.15, 0.2) is 0 Å². The first-order chi connectivity index (χ1) is 10.4. The minimum absolute atomic E-state index is 0.935. The van der Waals surface area contributed by atoms with Crippen molar-refractivity contribution >= 4 is 11.0 Å². The van der Waals surface area contributed by atoms with Crippen molar-refractivity contribution in [2.45, 2.75) is 41.2 Å². The van der Waals surface area contributed by atoms with Crippen LogP contribution in [0.5, 0.6) is 0 Å². The molecule has 0 radical (unpaired) electrons. The van der Waals surface area contributed by atoms with Gasteiger partial charge in [-0.2, -0.15) is 0 Å². The fourth-order valence-electron chi connectivity index (χ4n) is 2.20. The third-order valence-electron chi connectivity index (χ3n) is 3.00. The van der Waals surface area contributed by atoms with Crippen LogP contribution < -0.4 is 0 Å². The lowest BCUT2D eigenvalue weighted by atomic mass is 10.2. The number of aromatic nitrogens is 2. The molecule has 0 aliphatic rings. The summed E-state index contributed by atoms with van der Waals surface area (Å²) in [6.45, 7) is 11.1. The standard InChI is InChI=1S/C15H14N2.2C2H6/c1-2-17-14-11-7-6-10-13(14)16-15(17)12-8-4-3-5-9-12;2*1-2/h3-11H,2H2,1H3;2*1-2H3. The van der Waals surface area contributed by atoms with E-state index in [-0.39, 0.29) is 0 Å². The number of hydrogen-bond acceptors (Lipinski definition) is 1. The normalized spacial score (nSPS) is 9.38. The molecule has 0 fully saturated rings. The highest BCUT2D eigenvalue weighted by Crippen LogP contribution is 2.24. The van der Waals surface area contributed by atoms with Crippen LogP contribution in [0.15, 0.2) is 54.6 Å². The fourth-order valence-corrected chi connectivity index (χ4v) is 2.20. The number of rotatable bonds is 2. The molecule has 21 heavy (non-hydrogen) atoms. The lowest BCUT2D eigenvalue weighted by molar-refractivity contribution is 0.796. The van der Waals surface area contributed by atoms with Crippen LogP contribution >= 0.6 is 0 Å². The van der Waals surface area contributed by atoms with Gasteiger partial charge in [0.05, 0.1) is 11.0 Å². The molecule has 2 nitrogen and oxygen atoms in total. The Kier molecular flexibility index (Phi) is 7.24. The van der Waals surface area contributed by atoms with Crippen molar-refractivity contribution < 1.29 is 0 Å². The van der Waals surface area contributed by atoms with E-state index in [1.165, 1.54) is 11.1 Å². The summed E-state index contributed by atoms with van der Waals surface area (Å²) in [6.07, 6.45) is 0. The minimum Gasteiger partial charge on any atom is -0.324 e. The molecule has 0 N–H and O–H groups in total. The molecule has 0 aliphatic carbocycles. The lowest BCUT2D eigenvalue weighted by Crippen LogP contribution is -1.96. The van der Waals surface area contributed by atoms with Crippen LogP contribution in [0.25, 0.3) is 22.4 Å². The molecule has 2 heteroatoms. The number of nitrogens with zero attached hydrogens (tertiary/aromatic N) is 2. The first-order valence-corrected chi connectivity index (χ1v) is 7.91. The molecule has 2 aromatic carbocycles. The SMILES string of the molecule is CC.CC.CCn1c(-c2ccccc2)nc2ccccc21. The van der Waals surface area contributed by atoms with E-state index >= 15 is 0 Å². The molecule has 0 aliphatic heterocycles. The Morgan fingerprint density at radius 2 is 1.38 bits per heavy atom. The van der Waals surface area contributed by atoms with Crippen molar-refractivity contribution in [2.24, 2.45) is 0 Å². The Balaban J connectivity index is 0.000000510. The smallest absolute Gasteiger partial charge is 0.141 e. The second-order valence-corrected chi connectivity index (χ2v) is 4.03. The van der Waals surface area contributed by atoms with Crippen molar-refractivity contribution in [3.8, 4) is 11.4 Å². The average molecular weight is 282 g/mol. The van der Waals surface area contributed by atoms with Gasteiger partial charge in [-0.3, -0.25) is 0 Å². The number of aryl methyl sites for hydroxylation is 1. The lowest BCUT2D eigenvalue weighted by Gasteiger charge is -2.05. The minimum atomic E-state index is 0.935. The summed E-state index contributed by atoms with van der Waals surface area (Å²) in [5, 5.41) is 0. The molecule has 0 saturated heterocycles. The summed E-state index contributed by atoms with van der Waals surface area (Å²) in [5.41, 5.74) is 3.44. The molecule has 0 spiro atoms. The van der Waals surface area contributed by atoms with Crippen LogP contribution in [-0.4, -0.2) is 9.55 Å². The Labute approximate surface area is 128 Å². The number of fused-ring (bicyclic) bond motifs is 1. The van der Waals surface area contributed by atoms with Gasteiger partial charge >= 0.3 is 0 Å². The molecule has 0 bridgehead atoms. The van der Waals surface area contributed by atoms with Gasteiger partial charge in [-0.15, -0.1) is 0 Å². The maximum absolute atomic E-state index is 4.72. The third-order valence-corrected chi connectivity index (χ3v) is 3.00. The van der Waals surface area contributed by atoms with Crippen molar-refractivity contribution in [3.63, 3.8) is 0 Å². The zero-order valence-electron chi connectivity index (χ0n) is 13.8. The van der Waals surface area contributed by atoms with Crippen LogP contribution in [0.4, 0.5) is 0 Å². The van der Waals surface area contributed by atoms with Gasteiger partial charge in [-0.25, -0.2) is 4.98 Å². The fraction of sp³-hybridized carbons (Fsp3) is 0.316. The molecule has 3 aromatic rings. The molecule has 1 heterocycles. The maximum Gasteiger partial charge on any atom is 0.141 e. The van der Waals surface area contributed by atoms with Crippen molar-refractivity contribution in [1.82, 2.24) is 9.55 Å². The molecule has 0 saturated carbocycles. The van der Waals surface area contributed by atoms with E-state index in [9.17, 15) is 0 Å². The third kappa shape index (κ3) is 3.72. The van der Waals surface area contributed by atoms with Gasteiger partial charge < -0.3 is 4.57 Å². The Morgan fingerprint density at radius 3 is 2.00 bits per heavy atom. The van der Waals surface area contributed by atoms with Gasteiger partial charge in [0.2, 0.25) is 0 Å². The van der Waals surface area contributed by atoms with Crippen LogP contribution in [0.2, 0.25) is 0 Å². The van der Waals surface area contributed by atoms with E-state index in [0.29, 0.717) is 0 Å². The van der Waals surface area contributed by atoms with Crippen LogP contribution in [0.3, 0.4) is 0 Å². The molecular formula is C19H26N2. The van der Waals surface area contributed by atoms with Gasteiger partial charge in [0, 0.05) is 12.1 Å². The quantitative estimate of drug-likeness (QED) is 0.583. The zero-order valence-corrected chi connectivity index (χ0v) is 13.8. The van der Waals surface area contributed by atoms with Crippen molar-refractivity contribution in [2.75, 3.05) is 0 Å². The molecule has 0 atom stereocenters. The van der Waals surface area contributed by atoms with Crippen LogP contribution in [0, 0.1) is 0 Å². The summed E-state index contributed by atoms with van der Waals surface area (Å²) >= 11 is 0. The largest absolute Gasteiger partial charge is 0.324 e.